The monoisotopic (exact) mass is 396 g/mol. The average Bonchev–Trinajstić information content (AvgIpc) is 3.25. The molecule has 1 aliphatic rings. The zero-order valence-corrected chi connectivity index (χ0v) is 17.9. The van der Waals surface area contributed by atoms with E-state index >= 15 is 0 Å². The fourth-order valence-electron chi connectivity index (χ4n) is 3.50. The molecule has 2 heterocycles. The lowest BCUT2D eigenvalue weighted by Crippen LogP contribution is -2.54. The minimum absolute atomic E-state index is 0.0451. The van der Waals surface area contributed by atoms with Gasteiger partial charge in [-0.15, -0.1) is 0 Å². The highest BCUT2D eigenvalue weighted by atomic mass is 16.3. The number of amides is 1. The lowest BCUT2D eigenvalue weighted by atomic mass is 9.86. The summed E-state index contributed by atoms with van der Waals surface area (Å²) in [5.74, 6) is 1.25. The van der Waals surface area contributed by atoms with Crippen molar-refractivity contribution >= 4 is 11.9 Å². The van der Waals surface area contributed by atoms with Crippen LogP contribution in [-0.4, -0.2) is 61.4 Å². The van der Waals surface area contributed by atoms with E-state index in [2.05, 4.69) is 60.2 Å². The summed E-state index contributed by atoms with van der Waals surface area (Å²) in [7, 11) is 1.81. The third-order valence-corrected chi connectivity index (χ3v) is 5.33. The van der Waals surface area contributed by atoms with Gasteiger partial charge in [0, 0.05) is 39.8 Å². The van der Waals surface area contributed by atoms with Crippen LogP contribution in [0.15, 0.2) is 52.1 Å². The first kappa shape index (κ1) is 21.0. The van der Waals surface area contributed by atoms with Crippen LogP contribution >= 0.6 is 0 Å². The highest BCUT2D eigenvalue weighted by Crippen LogP contribution is 2.22. The van der Waals surface area contributed by atoms with Gasteiger partial charge in [0.25, 0.3) is 5.91 Å². The minimum Gasteiger partial charge on any atom is -0.459 e. The number of carbonyl (C=O) groups excluding carboxylic acids is 1. The summed E-state index contributed by atoms with van der Waals surface area (Å²) in [5, 5.41) is 3.46. The summed E-state index contributed by atoms with van der Waals surface area (Å²) in [5.41, 5.74) is 2.85. The number of rotatable bonds is 4. The molecule has 0 aliphatic carbocycles. The molecule has 6 nitrogen and oxygen atoms in total. The Morgan fingerprint density at radius 1 is 1.07 bits per heavy atom. The van der Waals surface area contributed by atoms with Crippen LogP contribution in [0.5, 0.6) is 0 Å². The van der Waals surface area contributed by atoms with Crippen molar-refractivity contribution in [1.82, 2.24) is 15.1 Å². The Hall–Kier alpha value is -2.76. The summed E-state index contributed by atoms with van der Waals surface area (Å²) >= 11 is 0. The summed E-state index contributed by atoms with van der Waals surface area (Å²) in [6, 6.07) is 12.3. The van der Waals surface area contributed by atoms with Gasteiger partial charge in [-0.25, -0.2) is 0 Å². The zero-order chi connectivity index (χ0) is 20.9. The van der Waals surface area contributed by atoms with Gasteiger partial charge in [-0.05, 0) is 35.1 Å². The number of hydrogen-bond donors (Lipinski definition) is 1. The van der Waals surface area contributed by atoms with E-state index in [0.29, 0.717) is 18.8 Å². The number of hydrogen-bond acceptors (Lipinski definition) is 3. The number of benzene rings is 1. The van der Waals surface area contributed by atoms with Crippen molar-refractivity contribution in [2.24, 2.45) is 4.99 Å². The normalized spacial score (nSPS) is 15.5. The Labute approximate surface area is 173 Å². The first-order valence-electron chi connectivity index (χ1n) is 10.3. The van der Waals surface area contributed by atoms with E-state index in [4.69, 9.17) is 4.42 Å². The average molecular weight is 397 g/mol. The van der Waals surface area contributed by atoms with E-state index in [1.165, 1.54) is 17.4 Å². The fraction of sp³-hybridized carbons (Fsp3) is 0.478. The number of guanidine groups is 1. The van der Waals surface area contributed by atoms with Crippen LogP contribution in [0.3, 0.4) is 0 Å². The lowest BCUT2D eigenvalue weighted by molar-refractivity contribution is 0.0658. The predicted molar refractivity (Wildman–Crippen MR) is 116 cm³/mol. The first-order chi connectivity index (χ1) is 13.9. The predicted octanol–water partition coefficient (Wildman–Crippen LogP) is 3.15. The number of aliphatic imine (C=N–C) groups is 1. The molecule has 1 saturated heterocycles. The smallest absolute Gasteiger partial charge is 0.289 e. The second-order valence-corrected chi connectivity index (χ2v) is 8.43. The first-order valence-corrected chi connectivity index (χ1v) is 10.3. The maximum absolute atomic E-state index is 12.4. The molecule has 156 valence electrons. The minimum atomic E-state index is -0.0451. The summed E-state index contributed by atoms with van der Waals surface area (Å²) in [4.78, 5) is 20.8. The molecule has 1 fully saturated rings. The summed E-state index contributed by atoms with van der Waals surface area (Å²) < 4.78 is 5.22. The van der Waals surface area contributed by atoms with Crippen LogP contribution in [0.4, 0.5) is 0 Å². The summed E-state index contributed by atoms with van der Waals surface area (Å²) in [6.07, 6.45) is 2.48. The number of carbonyl (C=O) groups is 1. The maximum atomic E-state index is 12.4. The van der Waals surface area contributed by atoms with Crippen LogP contribution in [0.25, 0.3) is 0 Å². The van der Waals surface area contributed by atoms with Crippen molar-refractivity contribution in [2.45, 2.75) is 32.6 Å². The van der Waals surface area contributed by atoms with E-state index in [1.807, 2.05) is 4.90 Å². The molecule has 3 rings (SSSR count). The van der Waals surface area contributed by atoms with Crippen molar-refractivity contribution in [3.8, 4) is 0 Å². The van der Waals surface area contributed by atoms with Crippen molar-refractivity contribution in [3.05, 3.63) is 59.5 Å². The van der Waals surface area contributed by atoms with E-state index in [1.54, 1.807) is 19.2 Å². The largest absolute Gasteiger partial charge is 0.459 e. The molecule has 1 N–H and O–H groups in total. The molecule has 2 aromatic rings. The molecular formula is C23H32N4O2. The van der Waals surface area contributed by atoms with Gasteiger partial charge in [-0.2, -0.15) is 0 Å². The molecule has 0 unspecified atom stereocenters. The molecule has 1 aromatic heterocycles. The number of nitrogens with zero attached hydrogens (tertiary/aromatic N) is 3. The van der Waals surface area contributed by atoms with E-state index in [-0.39, 0.29) is 11.3 Å². The zero-order valence-electron chi connectivity index (χ0n) is 17.9. The van der Waals surface area contributed by atoms with Gasteiger partial charge in [-0.3, -0.25) is 9.79 Å². The maximum Gasteiger partial charge on any atom is 0.289 e. The molecule has 6 heteroatoms. The van der Waals surface area contributed by atoms with E-state index < -0.39 is 0 Å². The third-order valence-electron chi connectivity index (χ3n) is 5.33. The highest BCUT2D eigenvalue weighted by molar-refractivity contribution is 5.91. The molecule has 1 aromatic carbocycles. The van der Waals surface area contributed by atoms with Crippen LogP contribution in [-0.2, 0) is 11.8 Å². The topological polar surface area (TPSA) is 61.1 Å². The van der Waals surface area contributed by atoms with E-state index in [9.17, 15) is 4.79 Å². The van der Waals surface area contributed by atoms with Gasteiger partial charge < -0.3 is 19.5 Å². The number of furan rings is 1. The molecule has 0 bridgehead atoms. The van der Waals surface area contributed by atoms with Crippen molar-refractivity contribution in [3.63, 3.8) is 0 Å². The highest BCUT2D eigenvalue weighted by Gasteiger charge is 2.25. The molecular weight excluding hydrogens is 364 g/mol. The molecule has 1 amide bonds. The van der Waals surface area contributed by atoms with Gasteiger partial charge >= 0.3 is 0 Å². The van der Waals surface area contributed by atoms with Gasteiger partial charge in [0.1, 0.15) is 0 Å². The van der Waals surface area contributed by atoms with Crippen LogP contribution in [0.1, 0.15) is 42.5 Å². The molecule has 0 atom stereocenters. The third kappa shape index (κ3) is 5.40. The van der Waals surface area contributed by atoms with Crippen molar-refractivity contribution in [1.29, 1.82) is 0 Å². The van der Waals surface area contributed by atoms with E-state index in [0.717, 1.165) is 32.0 Å². The van der Waals surface area contributed by atoms with Crippen LogP contribution < -0.4 is 5.32 Å². The Balaban J connectivity index is 1.46. The van der Waals surface area contributed by atoms with Gasteiger partial charge in [0.05, 0.1) is 6.26 Å². The van der Waals surface area contributed by atoms with Gasteiger partial charge in [0.2, 0.25) is 0 Å². The molecule has 0 saturated carbocycles. The summed E-state index contributed by atoms with van der Waals surface area (Å²) in [6.45, 7) is 10.4. The fourth-order valence-corrected chi connectivity index (χ4v) is 3.50. The number of nitrogens with one attached hydrogen (secondary N) is 1. The van der Waals surface area contributed by atoms with Crippen LogP contribution in [0, 0.1) is 0 Å². The Morgan fingerprint density at radius 3 is 2.28 bits per heavy atom. The Bertz CT molecular complexity index is 812. The number of piperazine rings is 1. The van der Waals surface area contributed by atoms with Crippen molar-refractivity contribution in [2.75, 3.05) is 39.8 Å². The molecule has 29 heavy (non-hydrogen) atoms. The lowest BCUT2D eigenvalue weighted by Gasteiger charge is -2.36. The van der Waals surface area contributed by atoms with Gasteiger partial charge in [0.15, 0.2) is 11.7 Å². The molecule has 1 aliphatic heterocycles. The Morgan fingerprint density at radius 2 is 1.72 bits per heavy atom. The second-order valence-electron chi connectivity index (χ2n) is 8.43. The SMILES string of the molecule is CN=C(NCCc1ccc(C(C)(C)C)cc1)N1CCN(C(=O)c2ccco2)CC1. The molecule has 0 radical (unpaired) electrons. The van der Waals surface area contributed by atoms with Gasteiger partial charge in [-0.1, -0.05) is 45.0 Å². The second kappa shape index (κ2) is 9.16. The standard InChI is InChI=1S/C23H32N4O2/c1-23(2,3)19-9-7-18(8-10-19)11-12-25-22(24-4)27-15-13-26(14-16-27)21(28)20-6-5-17-29-20/h5-10,17H,11-16H2,1-4H3,(H,24,25). The Kier molecular flexibility index (Phi) is 6.62. The molecule has 0 spiro atoms. The van der Waals surface area contributed by atoms with Crippen LogP contribution in [0.2, 0.25) is 0 Å². The van der Waals surface area contributed by atoms with Crippen molar-refractivity contribution < 1.29 is 9.21 Å². The quantitative estimate of drug-likeness (QED) is 0.637.